The minimum absolute atomic E-state index is 0.141. The van der Waals surface area contributed by atoms with Crippen molar-refractivity contribution in [2.75, 3.05) is 36.8 Å². The SMILES string of the molecule is CCCNc1cc(NCC(=O)N2CCCC2)nc(C)n1. The topological polar surface area (TPSA) is 70.2 Å². The maximum absolute atomic E-state index is 12.0. The molecule has 1 aliphatic rings. The Labute approximate surface area is 120 Å². The Hall–Kier alpha value is -1.85. The van der Waals surface area contributed by atoms with E-state index in [-0.39, 0.29) is 5.91 Å². The van der Waals surface area contributed by atoms with Crippen LogP contribution in [0.4, 0.5) is 11.6 Å². The van der Waals surface area contributed by atoms with Crippen molar-refractivity contribution in [1.29, 1.82) is 0 Å². The van der Waals surface area contributed by atoms with Gasteiger partial charge in [0, 0.05) is 25.7 Å². The molecule has 110 valence electrons. The van der Waals surface area contributed by atoms with Crippen LogP contribution in [0.3, 0.4) is 0 Å². The van der Waals surface area contributed by atoms with E-state index in [1.165, 1.54) is 0 Å². The minimum atomic E-state index is 0.141. The zero-order valence-electron chi connectivity index (χ0n) is 12.3. The van der Waals surface area contributed by atoms with Crippen LogP contribution in [0.25, 0.3) is 0 Å². The summed E-state index contributed by atoms with van der Waals surface area (Å²) >= 11 is 0. The van der Waals surface area contributed by atoms with Gasteiger partial charge in [-0.25, -0.2) is 9.97 Å². The largest absolute Gasteiger partial charge is 0.370 e. The zero-order valence-corrected chi connectivity index (χ0v) is 12.3. The molecule has 0 aromatic carbocycles. The van der Waals surface area contributed by atoms with Crippen LogP contribution in [0, 0.1) is 6.92 Å². The Morgan fingerprint density at radius 1 is 1.25 bits per heavy atom. The van der Waals surface area contributed by atoms with E-state index in [0.717, 1.165) is 44.7 Å². The number of hydrogen-bond acceptors (Lipinski definition) is 5. The molecule has 0 radical (unpaired) electrons. The van der Waals surface area contributed by atoms with Gasteiger partial charge >= 0.3 is 0 Å². The molecule has 1 aromatic heterocycles. The van der Waals surface area contributed by atoms with Gasteiger partial charge in [-0.1, -0.05) is 6.92 Å². The smallest absolute Gasteiger partial charge is 0.241 e. The van der Waals surface area contributed by atoms with Crippen molar-refractivity contribution in [1.82, 2.24) is 14.9 Å². The second kappa shape index (κ2) is 7.07. The monoisotopic (exact) mass is 277 g/mol. The lowest BCUT2D eigenvalue weighted by Crippen LogP contribution is -2.33. The second-order valence-electron chi connectivity index (χ2n) is 5.05. The van der Waals surface area contributed by atoms with Crippen molar-refractivity contribution in [3.8, 4) is 0 Å². The Morgan fingerprint density at radius 3 is 2.55 bits per heavy atom. The van der Waals surface area contributed by atoms with Gasteiger partial charge in [0.25, 0.3) is 0 Å². The lowest BCUT2D eigenvalue weighted by Gasteiger charge is -2.16. The number of carbonyl (C=O) groups excluding carboxylic acids is 1. The summed E-state index contributed by atoms with van der Waals surface area (Å²) in [6, 6.07) is 1.85. The molecule has 0 aliphatic carbocycles. The van der Waals surface area contributed by atoms with Crippen molar-refractivity contribution < 1.29 is 4.79 Å². The number of hydrogen-bond donors (Lipinski definition) is 2. The molecule has 2 N–H and O–H groups in total. The molecule has 0 unspecified atom stereocenters. The number of aromatic nitrogens is 2. The number of nitrogens with one attached hydrogen (secondary N) is 2. The molecule has 2 rings (SSSR count). The number of likely N-dealkylation sites (tertiary alicyclic amines) is 1. The molecular formula is C14H23N5O. The van der Waals surface area contributed by atoms with E-state index in [2.05, 4.69) is 27.5 Å². The fourth-order valence-electron chi connectivity index (χ4n) is 2.25. The van der Waals surface area contributed by atoms with Crippen molar-refractivity contribution in [2.24, 2.45) is 0 Å². The third-order valence-electron chi connectivity index (χ3n) is 3.27. The normalized spacial score (nSPS) is 14.4. The van der Waals surface area contributed by atoms with Crippen LogP contribution in [0.1, 0.15) is 32.0 Å². The highest BCUT2D eigenvalue weighted by Gasteiger charge is 2.17. The maximum atomic E-state index is 12.0. The molecule has 0 saturated carbocycles. The van der Waals surface area contributed by atoms with Crippen molar-refractivity contribution in [2.45, 2.75) is 33.1 Å². The molecule has 1 aromatic rings. The third-order valence-corrected chi connectivity index (χ3v) is 3.27. The van der Waals surface area contributed by atoms with E-state index >= 15 is 0 Å². The molecule has 6 heteroatoms. The van der Waals surface area contributed by atoms with Gasteiger partial charge in [-0.2, -0.15) is 0 Å². The van der Waals surface area contributed by atoms with Crippen LogP contribution < -0.4 is 10.6 Å². The highest BCUT2D eigenvalue weighted by Crippen LogP contribution is 2.12. The summed E-state index contributed by atoms with van der Waals surface area (Å²) in [5, 5.41) is 6.33. The van der Waals surface area contributed by atoms with Crippen molar-refractivity contribution >= 4 is 17.5 Å². The molecule has 0 spiro atoms. The van der Waals surface area contributed by atoms with Gasteiger partial charge in [0.1, 0.15) is 17.5 Å². The van der Waals surface area contributed by atoms with Gasteiger partial charge in [-0.3, -0.25) is 4.79 Å². The highest BCUT2D eigenvalue weighted by atomic mass is 16.2. The number of nitrogens with zero attached hydrogens (tertiary/aromatic N) is 3. The average Bonchev–Trinajstić information content (AvgIpc) is 2.96. The van der Waals surface area contributed by atoms with Crippen LogP contribution in [-0.4, -0.2) is 47.0 Å². The van der Waals surface area contributed by atoms with Gasteiger partial charge in [-0.05, 0) is 26.2 Å². The quantitative estimate of drug-likeness (QED) is 0.827. The molecule has 1 amide bonds. The van der Waals surface area contributed by atoms with Gasteiger partial charge in [0.2, 0.25) is 5.91 Å². The molecule has 1 aliphatic heterocycles. The summed E-state index contributed by atoms with van der Waals surface area (Å²) in [6.07, 6.45) is 3.27. The summed E-state index contributed by atoms with van der Waals surface area (Å²) < 4.78 is 0. The molecule has 2 heterocycles. The Kier molecular flexibility index (Phi) is 5.15. The Morgan fingerprint density at radius 2 is 1.90 bits per heavy atom. The van der Waals surface area contributed by atoms with E-state index in [1.54, 1.807) is 0 Å². The first-order chi connectivity index (χ1) is 9.69. The highest BCUT2D eigenvalue weighted by molar-refractivity contribution is 5.80. The number of amides is 1. The van der Waals surface area contributed by atoms with Crippen LogP contribution >= 0.6 is 0 Å². The Bertz CT molecular complexity index is 457. The van der Waals surface area contributed by atoms with Crippen LogP contribution in [0.15, 0.2) is 6.07 Å². The van der Waals surface area contributed by atoms with E-state index in [0.29, 0.717) is 18.2 Å². The average molecular weight is 277 g/mol. The van der Waals surface area contributed by atoms with Gasteiger partial charge in [0.15, 0.2) is 0 Å². The predicted molar refractivity (Wildman–Crippen MR) is 79.9 cm³/mol. The minimum Gasteiger partial charge on any atom is -0.370 e. The van der Waals surface area contributed by atoms with Gasteiger partial charge in [0.05, 0.1) is 6.54 Å². The second-order valence-corrected chi connectivity index (χ2v) is 5.05. The molecular weight excluding hydrogens is 254 g/mol. The first kappa shape index (κ1) is 14.6. The number of rotatable bonds is 6. The molecule has 6 nitrogen and oxygen atoms in total. The lowest BCUT2D eigenvalue weighted by molar-refractivity contribution is -0.128. The standard InChI is InChI=1S/C14H23N5O/c1-3-6-15-12-9-13(18-11(2)17-12)16-10-14(20)19-7-4-5-8-19/h9H,3-8,10H2,1-2H3,(H2,15,16,17,18). The van der Waals surface area contributed by atoms with Gasteiger partial charge in [-0.15, -0.1) is 0 Å². The van der Waals surface area contributed by atoms with E-state index in [9.17, 15) is 4.79 Å². The number of carbonyl (C=O) groups is 1. The van der Waals surface area contributed by atoms with Crippen LogP contribution in [0.5, 0.6) is 0 Å². The van der Waals surface area contributed by atoms with Crippen molar-refractivity contribution in [3.05, 3.63) is 11.9 Å². The molecule has 1 fully saturated rings. The summed E-state index contributed by atoms with van der Waals surface area (Å²) in [4.78, 5) is 22.5. The van der Waals surface area contributed by atoms with E-state index < -0.39 is 0 Å². The Balaban J connectivity index is 1.91. The molecule has 20 heavy (non-hydrogen) atoms. The lowest BCUT2D eigenvalue weighted by atomic mass is 10.4. The summed E-state index contributed by atoms with van der Waals surface area (Å²) in [5.41, 5.74) is 0. The first-order valence-corrected chi connectivity index (χ1v) is 7.30. The number of aryl methyl sites for hydroxylation is 1. The molecule has 1 saturated heterocycles. The molecule has 0 bridgehead atoms. The van der Waals surface area contributed by atoms with Crippen LogP contribution in [0.2, 0.25) is 0 Å². The number of anilines is 2. The maximum Gasteiger partial charge on any atom is 0.241 e. The summed E-state index contributed by atoms with van der Waals surface area (Å²) in [5.74, 6) is 2.34. The fourth-order valence-corrected chi connectivity index (χ4v) is 2.25. The molecule has 0 atom stereocenters. The first-order valence-electron chi connectivity index (χ1n) is 7.30. The van der Waals surface area contributed by atoms with E-state index in [4.69, 9.17) is 0 Å². The predicted octanol–water partition coefficient (Wildman–Crippen LogP) is 1.64. The zero-order chi connectivity index (χ0) is 14.4. The summed E-state index contributed by atoms with van der Waals surface area (Å²) in [7, 11) is 0. The van der Waals surface area contributed by atoms with Crippen molar-refractivity contribution in [3.63, 3.8) is 0 Å². The van der Waals surface area contributed by atoms with Crippen LogP contribution in [-0.2, 0) is 4.79 Å². The fraction of sp³-hybridized carbons (Fsp3) is 0.643. The van der Waals surface area contributed by atoms with Gasteiger partial charge < -0.3 is 15.5 Å². The summed E-state index contributed by atoms with van der Waals surface area (Å²) in [6.45, 7) is 6.89. The van der Waals surface area contributed by atoms with E-state index in [1.807, 2.05) is 17.9 Å². The third kappa shape index (κ3) is 4.08.